The first-order valence-corrected chi connectivity index (χ1v) is 11.8. The van der Waals surface area contributed by atoms with E-state index in [1.807, 2.05) is 31.2 Å². The average molecular weight is 447 g/mol. The van der Waals surface area contributed by atoms with Crippen LogP contribution in [0.5, 0.6) is 0 Å². The molecular weight excluding hydrogens is 420 g/mol. The molecule has 0 radical (unpaired) electrons. The molecule has 12 heteroatoms. The molecule has 0 aliphatic carbocycles. The summed E-state index contributed by atoms with van der Waals surface area (Å²) in [5, 5.41) is 18.7. The Morgan fingerprint density at radius 1 is 1.03 bits per heavy atom. The first kappa shape index (κ1) is 22.6. The first-order valence-electron chi connectivity index (χ1n) is 9.86. The fourth-order valence-electron chi connectivity index (χ4n) is 2.89. The van der Waals surface area contributed by atoms with Gasteiger partial charge in [0.15, 0.2) is 5.69 Å². The standard InChI is InChI=1S/C19H26N8O3S/c1-15-6-5-7-16(10-15)11-20-19(28)18-14-27(25-23-18)9-4-3-8-26-13-17(22-24-26)12-21-31(2,29)30/h5-7,10,13-14,21H,3-4,8-9,11-12H2,1-2H3,(H,20,28). The smallest absolute Gasteiger partial charge is 0.273 e. The molecule has 0 aliphatic rings. The lowest BCUT2D eigenvalue weighted by atomic mass is 10.1. The van der Waals surface area contributed by atoms with Gasteiger partial charge in [-0.25, -0.2) is 13.1 Å². The van der Waals surface area contributed by atoms with Crippen LogP contribution in [0.4, 0.5) is 0 Å². The number of rotatable bonds is 11. The molecule has 2 N–H and O–H groups in total. The Balaban J connectivity index is 1.38. The van der Waals surface area contributed by atoms with Crippen LogP contribution in [0.15, 0.2) is 36.7 Å². The molecule has 0 unspecified atom stereocenters. The monoisotopic (exact) mass is 446 g/mol. The number of aryl methyl sites for hydroxylation is 3. The summed E-state index contributed by atoms with van der Waals surface area (Å²) in [6, 6.07) is 7.95. The van der Waals surface area contributed by atoms with E-state index < -0.39 is 10.0 Å². The summed E-state index contributed by atoms with van der Waals surface area (Å²) >= 11 is 0. The molecule has 0 aliphatic heterocycles. The second kappa shape index (κ2) is 10.3. The second-order valence-corrected chi connectivity index (χ2v) is 9.14. The van der Waals surface area contributed by atoms with Gasteiger partial charge in [0.2, 0.25) is 10.0 Å². The van der Waals surface area contributed by atoms with Crippen LogP contribution >= 0.6 is 0 Å². The predicted molar refractivity (Wildman–Crippen MR) is 113 cm³/mol. The van der Waals surface area contributed by atoms with Gasteiger partial charge in [-0.15, -0.1) is 10.2 Å². The minimum absolute atomic E-state index is 0.118. The van der Waals surface area contributed by atoms with Crippen LogP contribution in [-0.4, -0.2) is 50.6 Å². The number of hydrogen-bond donors (Lipinski definition) is 2. The van der Waals surface area contributed by atoms with Crippen LogP contribution in [0.2, 0.25) is 0 Å². The van der Waals surface area contributed by atoms with Crippen molar-refractivity contribution >= 4 is 15.9 Å². The molecule has 0 atom stereocenters. The Bertz CT molecular complexity index is 1120. The van der Waals surface area contributed by atoms with Crippen LogP contribution in [0, 0.1) is 6.92 Å². The van der Waals surface area contributed by atoms with Crippen molar-refractivity contribution in [2.75, 3.05) is 6.26 Å². The van der Waals surface area contributed by atoms with E-state index in [0.717, 1.165) is 30.2 Å². The molecule has 1 aromatic carbocycles. The summed E-state index contributed by atoms with van der Waals surface area (Å²) in [7, 11) is -3.26. The summed E-state index contributed by atoms with van der Waals surface area (Å²) in [4.78, 5) is 12.3. The molecule has 0 saturated carbocycles. The van der Waals surface area contributed by atoms with Crippen LogP contribution in [0.25, 0.3) is 0 Å². The fraction of sp³-hybridized carbons (Fsp3) is 0.421. The topological polar surface area (TPSA) is 137 Å². The Labute approximate surface area is 180 Å². The van der Waals surface area contributed by atoms with E-state index in [0.29, 0.717) is 25.3 Å². The number of carbonyl (C=O) groups is 1. The van der Waals surface area contributed by atoms with Crippen molar-refractivity contribution < 1.29 is 13.2 Å². The number of unbranched alkanes of at least 4 members (excludes halogenated alkanes) is 1. The molecule has 1 amide bonds. The summed E-state index contributed by atoms with van der Waals surface area (Å²) in [6.07, 6.45) is 6.07. The zero-order chi connectivity index (χ0) is 22.3. The molecule has 0 bridgehead atoms. The number of benzene rings is 1. The Hall–Kier alpha value is -3.12. The molecule has 31 heavy (non-hydrogen) atoms. The number of nitrogens with one attached hydrogen (secondary N) is 2. The quantitative estimate of drug-likeness (QED) is 0.412. The largest absolute Gasteiger partial charge is 0.347 e. The minimum atomic E-state index is -3.26. The Morgan fingerprint density at radius 2 is 1.74 bits per heavy atom. The van der Waals surface area contributed by atoms with Crippen molar-refractivity contribution in [3.05, 3.63) is 59.2 Å². The van der Waals surface area contributed by atoms with Crippen LogP contribution < -0.4 is 10.0 Å². The third-order valence-corrected chi connectivity index (χ3v) is 5.10. The van der Waals surface area contributed by atoms with Crippen molar-refractivity contribution in [2.45, 2.75) is 45.9 Å². The highest BCUT2D eigenvalue weighted by molar-refractivity contribution is 7.88. The molecule has 2 aromatic heterocycles. The molecule has 0 saturated heterocycles. The molecule has 3 aromatic rings. The van der Waals surface area contributed by atoms with Gasteiger partial charge in [0.1, 0.15) is 0 Å². The lowest BCUT2D eigenvalue weighted by Crippen LogP contribution is -2.23. The summed E-state index contributed by atoms with van der Waals surface area (Å²) in [6.45, 7) is 3.83. The Kier molecular flexibility index (Phi) is 7.47. The van der Waals surface area contributed by atoms with E-state index in [4.69, 9.17) is 0 Å². The van der Waals surface area contributed by atoms with Gasteiger partial charge in [-0.1, -0.05) is 40.3 Å². The molecule has 166 valence electrons. The number of hydrogen-bond acceptors (Lipinski definition) is 7. The van der Waals surface area contributed by atoms with Gasteiger partial charge in [0.25, 0.3) is 5.91 Å². The predicted octanol–water partition coefficient (Wildman–Crippen LogP) is 0.638. The molecule has 11 nitrogen and oxygen atoms in total. The van der Waals surface area contributed by atoms with Gasteiger partial charge in [-0.2, -0.15) is 0 Å². The van der Waals surface area contributed by atoms with Crippen molar-refractivity contribution in [1.82, 2.24) is 40.0 Å². The van der Waals surface area contributed by atoms with E-state index in [-0.39, 0.29) is 18.1 Å². The van der Waals surface area contributed by atoms with Gasteiger partial charge in [-0.05, 0) is 25.3 Å². The van der Waals surface area contributed by atoms with Crippen LogP contribution in [0.3, 0.4) is 0 Å². The molecular formula is C19H26N8O3S. The van der Waals surface area contributed by atoms with Crippen molar-refractivity contribution in [3.8, 4) is 0 Å². The van der Waals surface area contributed by atoms with Gasteiger partial charge < -0.3 is 5.32 Å². The van der Waals surface area contributed by atoms with Gasteiger partial charge in [0.05, 0.1) is 24.7 Å². The van der Waals surface area contributed by atoms with E-state index >= 15 is 0 Å². The number of carbonyl (C=O) groups excluding carboxylic acids is 1. The average Bonchev–Trinajstić information content (AvgIpc) is 3.37. The van der Waals surface area contributed by atoms with Crippen LogP contribution in [0.1, 0.15) is 40.2 Å². The maximum atomic E-state index is 12.3. The zero-order valence-corrected chi connectivity index (χ0v) is 18.3. The van der Waals surface area contributed by atoms with E-state index in [1.165, 1.54) is 0 Å². The third-order valence-electron chi connectivity index (χ3n) is 4.43. The summed E-state index contributed by atoms with van der Waals surface area (Å²) in [5.74, 6) is -0.259. The lowest BCUT2D eigenvalue weighted by Gasteiger charge is -2.04. The van der Waals surface area contributed by atoms with Crippen LogP contribution in [-0.2, 0) is 36.2 Å². The van der Waals surface area contributed by atoms with E-state index in [9.17, 15) is 13.2 Å². The highest BCUT2D eigenvalue weighted by atomic mass is 32.2. The van der Waals surface area contributed by atoms with Gasteiger partial charge >= 0.3 is 0 Å². The zero-order valence-electron chi connectivity index (χ0n) is 17.5. The number of sulfonamides is 1. The number of aromatic nitrogens is 6. The lowest BCUT2D eigenvalue weighted by molar-refractivity contribution is 0.0945. The Morgan fingerprint density at radius 3 is 2.45 bits per heavy atom. The third kappa shape index (κ3) is 7.57. The fourth-order valence-corrected chi connectivity index (χ4v) is 3.30. The number of amides is 1. The minimum Gasteiger partial charge on any atom is -0.347 e. The van der Waals surface area contributed by atoms with Crippen molar-refractivity contribution in [1.29, 1.82) is 0 Å². The number of nitrogens with zero attached hydrogens (tertiary/aromatic N) is 6. The highest BCUT2D eigenvalue weighted by Gasteiger charge is 2.10. The maximum Gasteiger partial charge on any atom is 0.273 e. The first-order chi connectivity index (χ1) is 14.8. The maximum absolute atomic E-state index is 12.3. The van der Waals surface area contributed by atoms with Crippen molar-refractivity contribution in [2.24, 2.45) is 0 Å². The molecule has 2 heterocycles. The van der Waals surface area contributed by atoms with Gasteiger partial charge in [-0.3, -0.25) is 14.2 Å². The van der Waals surface area contributed by atoms with E-state index in [1.54, 1.807) is 21.8 Å². The van der Waals surface area contributed by atoms with E-state index in [2.05, 4.69) is 30.7 Å². The molecule has 0 fully saturated rings. The summed E-state index contributed by atoms with van der Waals surface area (Å²) < 4.78 is 27.9. The molecule has 0 spiro atoms. The summed E-state index contributed by atoms with van der Waals surface area (Å²) in [5.41, 5.74) is 3.02. The van der Waals surface area contributed by atoms with Crippen molar-refractivity contribution in [3.63, 3.8) is 0 Å². The van der Waals surface area contributed by atoms with Gasteiger partial charge in [0, 0.05) is 25.8 Å². The second-order valence-electron chi connectivity index (χ2n) is 7.31. The normalized spacial score (nSPS) is 11.5. The molecule has 3 rings (SSSR count). The SMILES string of the molecule is Cc1cccc(CNC(=O)c2cn(CCCCn3cc(CNS(C)(=O)=O)nn3)nn2)c1. The highest BCUT2D eigenvalue weighted by Crippen LogP contribution is 2.04.